The van der Waals surface area contributed by atoms with Gasteiger partial charge in [0.15, 0.2) is 0 Å². The first-order valence-electron chi connectivity index (χ1n) is 7.45. The smallest absolute Gasteiger partial charge is 0.221 e. The number of halogens is 1. The van der Waals surface area contributed by atoms with Crippen molar-refractivity contribution in [1.29, 1.82) is 0 Å². The van der Waals surface area contributed by atoms with E-state index in [0.717, 1.165) is 11.3 Å². The maximum Gasteiger partial charge on any atom is 0.221 e. The van der Waals surface area contributed by atoms with Gasteiger partial charge in [0.05, 0.1) is 0 Å². The Kier molecular flexibility index (Phi) is 5.95. The number of aryl methyl sites for hydroxylation is 1. The predicted octanol–water partition coefficient (Wildman–Crippen LogP) is 3.30. The Hall–Kier alpha value is -2.36. The maximum atomic E-state index is 12.8. The van der Waals surface area contributed by atoms with Gasteiger partial charge < -0.3 is 10.6 Å². The van der Waals surface area contributed by atoms with Crippen molar-refractivity contribution in [1.82, 2.24) is 5.32 Å². The van der Waals surface area contributed by atoms with Crippen molar-refractivity contribution in [2.24, 2.45) is 0 Å². The molecule has 0 unspecified atom stereocenters. The molecule has 0 saturated heterocycles. The second-order valence-electron chi connectivity index (χ2n) is 5.27. The molecule has 0 radical (unpaired) electrons. The first-order chi connectivity index (χ1) is 10.6. The molecule has 0 aromatic heterocycles. The molecule has 2 N–H and O–H groups in total. The Morgan fingerprint density at radius 1 is 1.09 bits per heavy atom. The standard InChI is InChI=1S/C18H21FN2O/c1-14-3-2-4-17(13-14)20-12-10-18(22)21-11-9-15-5-7-16(19)8-6-15/h2-8,13,20H,9-12H2,1H3,(H,21,22). The fraction of sp³-hybridized carbons (Fsp3) is 0.278. The van der Waals surface area contributed by atoms with Gasteiger partial charge in [-0.05, 0) is 48.7 Å². The number of carbonyl (C=O) groups excluding carboxylic acids is 1. The average Bonchev–Trinajstić information content (AvgIpc) is 2.49. The highest BCUT2D eigenvalue weighted by molar-refractivity contribution is 5.76. The lowest BCUT2D eigenvalue weighted by Gasteiger charge is -2.08. The second kappa shape index (κ2) is 8.17. The summed E-state index contributed by atoms with van der Waals surface area (Å²) in [7, 11) is 0. The molecule has 0 fully saturated rings. The summed E-state index contributed by atoms with van der Waals surface area (Å²) in [6.07, 6.45) is 1.13. The van der Waals surface area contributed by atoms with Gasteiger partial charge in [-0.15, -0.1) is 0 Å². The Morgan fingerprint density at radius 3 is 2.59 bits per heavy atom. The van der Waals surface area contributed by atoms with Gasteiger partial charge in [0.1, 0.15) is 5.82 Å². The molecular weight excluding hydrogens is 279 g/mol. The number of rotatable bonds is 7. The number of amides is 1. The zero-order valence-electron chi connectivity index (χ0n) is 12.7. The molecule has 0 saturated carbocycles. The van der Waals surface area contributed by atoms with Gasteiger partial charge in [-0.1, -0.05) is 24.3 Å². The second-order valence-corrected chi connectivity index (χ2v) is 5.27. The van der Waals surface area contributed by atoms with E-state index >= 15 is 0 Å². The van der Waals surface area contributed by atoms with Gasteiger partial charge >= 0.3 is 0 Å². The average molecular weight is 300 g/mol. The number of nitrogens with one attached hydrogen (secondary N) is 2. The number of hydrogen-bond donors (Lipinski definition) is 2. The van der Waals surface area contributed by atoms with Crippen LogP contribution in [0.15, 0.2) is 48.5 Å². The van der Waals surface area contributed by atoms with Crippen LogP contribution in [-0.4, -0.2) is 19.0 Å². The van der Waals surface area contributed by atoms with Gasteiger partial charge in [-0.2, -0.15) is 0 Å². The van der Waals surface area contributed by atoms with Crippen LogP contribution in [0.1, 0.15) is 17.5 Å². The van der Waals surface area contributed by atoms with E-state index in [9.17, 15) is 9.18 Å². The lowest BCUT2D eigenvalue weighted by molar-refractivity contribution is -0.120. The molecule has 0 aliphatic rings. The van der Waals surface area contributed by atoms with E-state index < -0.39 is 0 Å². The molecule has 2 aromatic rings. The van der Waals surface area contributed by atoms with E-state index in [-0.39, 0.29) is 11.7 Å². The highest BCUT2D eigenvalue weighted by Gasteiger charge is 2.01. The summed E-state index contributed by atoms with van der Waals surface area (Å²) in [5.41, 5.74) is 3.23. The van der Waals surface area contributed by atoms with Crippen LogP contribution in [0, 0.1) is 12.7 Å². The van der Waals surface area contributed by atoms with Crippen LogP contribution in [0.25, 0.3) is 0 Å². The van der Waals surface area contributed by atoms with E-state index in [2.05, 4.69) is 10.6 Å². The topological polar surface area (TPSA) is 41.1 Å². The molecule has 0 atom stereocenters. The van der Waals surface area contributed by atoms with Crippen LogP contribution in [0.2, 0.25) is 0 Å². The van der Waals surface area contributed by atoms with Crippen molar-refractivity contribution in [2.75, 3.05) is 18.4 Å². The predicted molar refractivity (Wildman–Crippen MR) is 87.4 cm³/mol. The summed E-state index contributed by atoms with van der Waals surface area (Å²) in [6.45, 7) is 3.20. The maximum absolute atomic E-state index is 12.8. The zero-order valence-corrected chi connectivity index (χ0v) is 12.7. The fourth-order valence-corrected chi connectivity index (χ4v) is 2.16. The van der Waals surface area contributed by atoms with Crippen LogP contribution < -0.4 is 10.6 Å². The minimum Gasteiger partial charge on any atom is -0.385 e. The number of anilines is 1. The molecular formula is C18H21FN2O. The minimum atomic E-state index is -0.241. The monoisotopic (exact) mass is 300 g/mol. The molecule has 2 aromatic carbocycles. The van der Waals surface area contributed by atoms with Gasteiger partial charge in [-0.25, -0.2) is 4.39 Å². The molecule has 0 spiro atoms. The highest BCUT2D eigenvalue weighted by Crippen LogP contribution is 2.09. The molecule has 3 nitrogen and oxygen atoms in total. The summed E-state index contributed by atoms with van der Waals surface area (Å²) in [6, 6.07) is 14.4. The number of carbonyl (C=O) groups is 1. The van der Waals surface area contributed by atoms with E-state index in [4.69, 9.17) is 0 Å². The van der Waals surface area contributed by atoms with Crippen molar-refractivity contribution < 1.29 is 9.18 Å². The Labute approximate surface area is 130 Å². The van der Waals surface area contributed by atoms with Crippen molar-refractivity contribution in [3.8, 4) is 0 Å². The molecule has 116 valence electrons. The van der Waals surface area contributed by atoms with Gasteiger partial charge in [0.25, 0.3) is 0 Å². The Bertz CT molecular complexity index is 611. The van der Waals surface area contributed by atoms with E-state index in [0.29, 0.717) is 25.9 Å². The van der Waals surface area contributed by atoms with E-state index in [1.54, 1.807) is 12.1 Å². The summed E-state index contributed by atoms with van der Waals surface area (Å²) in [4.78, 5) is 11.7. The van der Waals surface area contributed by atoms with Crippen molar-refractivity contribution in [3.63, 3.8) is 0 Å². The Balaban J connectivity index is 1.62. The quantitative estimate of drug-likeness (QED) is 0.824. The van der Waals surface area contributed by atoms with Crippen LogP contribution in [0.3, 0.4) is 0 Å². The Morgan fingerprint density at radius 2 is 1.86 bits per heavy atom. The van der Waals surface area contributed by atoms with Crippen molar-refractivity contribution in [3.05, 3.63) is 65.5 Å². The SMILES string of the molecule is Cc1cccc(NCCC(=O)NCCc2ccc(F)cc2)c1. The van der Waals surface area contributed by atoms with Gasteiger partial charge in [-0.3, -0.25) is 4.79 Å². The molecule has 22 heavy (non-hydrogen) atoms. The van der Waals surface area contributed by atoms with Crippen molar-refractivity contribution in [2.45, 2.75) is 19.8 Å². The molecule has 4 heteroatoms. The summed E-state index contributed by atoms with van der Waals surface area (Å²) in [5.74, 6) is -0.225. The first-order valence-corrected chi connectivity index (χ1v) is 7.45. The first kappa shape index (κ1) is 16.0. The normalized spacial score (nSPS) is 10.3. The number of hydrogen-bond acceptors (Lipinski definition) is 2. The van der Waals surface area contributed by atoms with Gasteiger partial charge in [0.2, 0.25) is 5.91 Å². The molecule has 0 heterocycles. The lowest BCUT2D eigenvalue weighted by atomic mass is 10.1. The van der Waals surface area contributed by atoms with Crippen LogP contribution in [-0.2, 0) is 11.2 Å². The molecule has 0 bridgehead atoms. The van der Waals surface area contributed by atoms with Crippen molar-refractivity contribution >= 4 is 11.6 Å². The third-order valence-corrected chi connectivity index (χ3v) is 3.35. The van der Waals surface area contributed by atoms with Crippen LogP contribution in [0.4, 0.5) is 10.1 Å². The largest absolute Gasteiger partial charge is 0.385 e. The van der Waals surface area contributed by atoms with Crippen LogP contribution in [0.5, 0.6) is 0 Å². The summed E-state index contributed by atoms with van der Waals surface area (Å²) < 4.78 is 12.8. The van der Waals surface area contributed by atoms with E-state index in [1.165, 1.54) is 17.7 Å². The third kappa shape index (κ3) is 5.56. The lowest BCUT2D eigenvalue weighted by Crippen LogP contribution is -2.27. The summed E-state index contributed by atoms with van der Waals surface area (Å²) >= 11 is 0. The molecule has 1 amide bonds. The fourth-order valence-electron chi connectivity index (χ4n) is 2.16. The molecule has 2 rings (SSSR count). The van der Waals surface area contributed by atoms with E-state index in [1.807, 2.05) is 31.2 Å². The highest BCUT2D eigenvalue weighted by atomic mass is 19.1. The molecule has 0 aliphatic carbocycles. The minimum absolute atomic E-state index is 0.0160. The zero-order chi connectivity index (χ0) is 15.8. The van der Waals surface area contributed by atoms with Gasteiger partial charge in [0, 0.05) is 25.2 Å². The summed E-state index contributed by atoms with van der Waals surface area (Å²) in [5, 5.41) is 6.10. The third-order valence-electron chi connectivity index (χ3n) is 3.35. The van der Waals surface area contributed by atoms with Crippen LogP contribution >= 0.6 is 0 Å². The number of benzene rings is 2. The molecule has 0 aliphatic heterocycles.